The van der Waals surface area contributed by atoms with Crippen LogP contribution in [0, 0.1) is 0 Å². The maximum absolute atomic E-state index is 12.3. The predicted molar refractivity (Wildman–Crippen MR) is 83.9 cm³/mol. The molecule has 3 nitrogen and oxygen atoms in total. The standard InChI is InChI=1S/C14H21BrN2OS/c1-3-16(4-2)12-5-7-17(8-6-12)14(18)11-9-13(15)19-10-11/h9-10,12H,3-8H2,1-2H3. The smallest absolute Gasteiger partial charge is 0.254 e. The van der Waals surface area contributed by atoms with Gasteiger partial charge in [0.2, 0.25) is 0 Å². The summed E-state index contributed by atoms with van der Waals surface area (Å²) in [6, 6.07) is 2.57. The van der Waals surface area contributed by atoms with Gasteiger partial charge in [-0.3, -0.25) is 4.79 Å². The zero-order valence-corrected chi connectivity index (χ0v) is 14.0. The quantitative estimate of drug-likeness (QED) is 0.834. The normalized spacial score (nSPS) is 17.2. The van der Waals surface area contributed by atoms with Crippen molar-refractivity contribution in [2.45, 2.75) is 32.7 Å². The average molecular weight is 345 g/mol. The highest BCUT2D eigenvalue weighted by atomic mass is 79.9. The lowest BCUT2D eigenvalue weighted by Crippen LogP contribution is -2.46. The average Bonchev–Trinajstić information content (AvgIpc) is 2.87. The third kappa shape index (κ3) is 3.58. The van der Waals surface area contributed by atoms with Crippen LogP contribution in [0.2, 0.25) is 0 Å². The van der Waals surface area contributed by atoms with Crippen molar-refractivity contribution in [1.29, 1.82) is 0 Å². The molecule has 2 heterocycles. The molecular formula is C14H21BrN2OS. The van der Waals surface area contributed by atoms with E-state index in [2.05, 4.69) is 34.7 Å². The lowest BCUT2D eigenvalue weighted by molar-refractivity contribution is 0.0632. The summed E-state index contributed by atoms with van der Waals surface area (Å²) >= 11 is 4.98. The molecule has 2 rings (SSSR count). The van der Waals surface area contributed by atoms with E-state index in [1.54, 1.807) is 11.3 Å². The van der Waals surface area contributed by atoms with E-state index in [4.69, 9.17) is 0 Å². The van der Waals surface area contributed by atoms with Crippen LogP contribution in [0.5, 0.6) is 0 Å². The number of piperidine rings is 1. The fourth-order valence-electron chi connectivity index (χ4n) is 2.78. The Morgan fingerprint density at radius 3 is 2.53 bits per heavy atom. The number of likely N-dealkylation sites (tertiary alicyclic amines) is 1. The summed E-state index contributed by atoms with van der Waals surface area (Å²) in [5.74, 6) is 0.181. The first-order valence-corrected chi connectivity index (χ1v) is 8.60. The highest BCUT2D eigenvalue weighted by Gasteiger charge is 2.26. The molecule has 1 fully saturated rings. The van der Waals surface area contributed by atoms with Crippen LogP contribution in [-0.4, -0.2) is 47.9 Å². The third-order valence-corrected chi connectivity index (χ3v) is 5.40. The minimum atomic E-state index is 0.181. The van der Waals surface area contributed by atoms with E-state index in [-0.39, 0.29) is 5.91 Å². The number of thiophene rings is 1. The van der Waals surface area contributed by atoms with Crippen molar-refractivity contribution in [2.24, 2.45) is 0 Å². The third-order valence-electron chi connectivity index (χ3n) is 3.89. The number of rotatable bonds is 4. The number of hydrogen-bond donors (Lipinski definition) is 0. The molecular weight excluding hydrogens is 324 g/mol. The molecule has 0 saturated carbocycles. The van der Waals surface area contributed by atoms with Gasteiger partial charge in [0.15, 0.2) is 0 Å². The molecule has 0 radical (unpaired) electrons. The summed E-state index contributed by atoms with van der Waals surface area (Å²) in [5, 5.41) is 1.93. The second kappa shape index (κ2) is 6.86. The van der Waals surface area contributed by atoms with Crippen molar-refractivity contribution in [3.05, 3.63) is 20.8 Å². The van der Waals surface area contributed by atoms with Crippen LogP contribution in [0.1, 0.15) is 37.0 Å². The van der Waals surface area contributed by atoms with Crippen molar-refractivity contribution >= 4 is 33.2 Å². The number of hydrogen-bond acceptors (Lipinski definition) is 3. The summed E-state index contributed by atoms with van der Waals surface area (Å²) in [6.07, 6.45) is 2.19. The van der Waals surface area contributed by atoms with Crippen LogP contribution >= 0.6 is 27.3 Å². The maximum Gasteiger partial charge on any atom is 0.254 e. The summed E-state index contributed by atoms with van der Waals surface area (Å²) in [7, 11) is 0. The van der Waals surface area contributed by atoms with E-state index >= 15 is 0 Å². The van der Waals surface area contributed by atoms with E-state index in [9.17, 15) is 4.79 Å². The fourth-order valence-corrected chi connectivity index (χ4v) is 3.91. The van der Waals surface area contributed by atoms with Crippen LogP contribution in [0.25, 0.3) is 0 Å². The molecule has 106 valence electrons. The monoisotopic (exact) mass is 344 g/mol. The molecule has 0 atom stereocenters. The van der Waals surface area contributed by atoms with Gasteiger partial charge in [-0.15, -0.1) is 11.3 Å². The molecule has 0 spiro atoms. The van der Waals surface area contributed by atoms with Gasteiger partial charge in [-0.2, -0.15) is 0 Å². The van der Waals surface area contributed by atoms with E-state index in [1.165, 1.54) is 0 Å². The maximum atomic E-state index is 12.3. The lowest BCUT2D eigenvalue weighted by Gasteiger charge is -2.37. The van der Waals surface area contributed by atoms with Gasteiger partial charge in [0.05, 0.1) is 9.35 Å². The van der Waals surface area contributed by atoms with Crippen molar-refractivity contribution in [3.63, 3.8) is 0 Å². The van der Waals surface area contributed by atoms with Crippen molar-refractivity contribution in [2.75, 3.05) is 26.2 Å². The zero-order chi connectivity index (χ0) is 13.8. The molecule has 1 saturated heterocycles. The van der Waals surface area contributed by atoms with Gasteiger partial charge >= 0.3 is 0 Å². The zero-order valence-electron chi connectivity index (χ0n) is 11.6. The highest BCUT2D eigenvalue weighted by Crippen LogP contribution is 2.24. The topological polar surface area (TPSA) is 23.6 Å². The fraction of sp³-hybridized carbons (Fsp3) is 0.643. The first-order valence-electron chi connectivity index (χ1n) is 6.93. The molecule has 1 aromatic heterocycles. The van der Waals surface area contributed by atoms with Crippen molar-refractivity contribution < 1.29 is 4.79 Å². The number of halogens is 1. The lowest BCUT2D eigenvalue weighted by atomic mass is 10.0. The summed E-state index contributed by atoms with van der Waals surface area (Å²) in [4.78, 5) is 16.8. The highest BCUT2D eigenvalue weighted by molar-refractivity contribution is 9.11. The summed E-state index contributed by atoms with van der Waals surface area (Å²) < 4.78 is 1.02. The molecule has 0 aromatic carbocycles. The Hall–Kier alpha value is -0.390. The predicted octanol–water partition coefficient (Wildman–Crippen LogP) is 3.46. The first-order chi connectivity index (χ1) is 9.15. The molecule has 5 heteroatoms. The van der Waals surface area contributed by atoms with E-state index in [0.717, 1.165) is 48.4 Å². The van der Waals surface area contributed by atoms with Gasteiger partial charge in [0.1, 0.15) is 0 Å². The van der Waals surface area contributed by atoms with Crippen LogP contribution in [0.3, 0.4) is 0 Å². The second-order valence-electron chi connectivity index (χ2n) is 4.88. The Morgan fingerprint density at radius 2 is 2.05 bits per heavy atom. The van der Waals surface area contributed by atoms with Crippen LogP contribution < -0.4 is 0 Å². The molecule has 1 aromatic rings. The number of amides is 1. The van der Waals surface area contributed by atoms with Gasteiger partial charge in [0.25, 0.3) is 5.91 Å². The van der Waals surface area contributed by atoms with Gasteiger partial charge in [-0.05, 0) is 47.9 Å². The Kier molecular flexibility index (Phi) is 5.42. The van der Waals surface area contributed by atoms with Gasteiger partial charge in [-0.1, -0.05) is 13.8 Å². The van der Waals surface area contributed by atoms with Crippen molar-refractivity contribution in [1.82, 2.24) is 9.80 Å². The van der Waals surface area contributed by atoms with E-state index in [1.807, 2.05) is 16.3 Å². The van der Waals surface area contributed by atoms with E-state index < -0.39 is 0 Å². The number of carbonyl (C=O) groups excluding carboxylic acids is 1. The minimum Gasteiger partial charge on any atom is -0.339 e. The van der Waals surface area contributed by atoms with Gasteiger partial charge in [0, 0.05) is 24.5 Å². The summed E-state index contributed by atoms with van der Waals surface area (Å²) in [6.45, 7) is 8.40. The SMILES string of the molecule is CCN(CC)C1CCN(C(=O)c2csc(Br)c2)CC1. The molecule has 0 bridgehead atoms. The van der Waals surface area contributed by atoms with Gasteiger partial charge < -0.3 is 9.80 Å². The first kappa shape index (κ1) is 15.0. The minimum absolute atomic E-state index is 0.181. The molecule has 0 unspecified atom stereocenters. The number of nitrogens with zero attached hydrogens (tertiary/aromatic N) is 2. The Balaban J connectivity index is 1.91. The molecule has 1 aliphatic rings. The Labute approximate surface area is 127 Å². The van der Waals surface area contributed by atoms with Crippen LogP contribution in [-0.2, 0) is 0 Å². The van der Waals surface area contributed by atoms with E-state index in [0.29, 0.717) is 6.04 Å². The van der Waals surface area contributed by atoms with Crippen LogP contribution in [0.15, 0.2) is 15.2 Å². The molecule has 1 amide bonds. The van der Waals surface area contributed by atoms with Gasteiger partial charge in [-0.25, -0.2) is 0 Å². The number of carbonyl (C=O) groups is 1. The van der Waals surface area contributed by atoms with Crippen molar-refractivity contribution in [3.8, 4) is 0 Å². The molecule has 0 aliphatic carbocycles. The Morgan fingerprint density at radius 1 is 1.42 bits per heavy atom. The Bertz CT molecular complexity index is 423. The molecule has 0 N–H and O–H groups in total. The largest absolute Gasteiger partial charge is 0.339 e. The van der Waals surface area contributed by atoms with Crippen LogP contribution in [0.4, 0.5) is 0 Å². The summed E-state index contributed by atoms with van der Waals surface area (Å²) in [5.41, 5.74) is 0.818. The molecule has 1 aliphatic heterocycles. The second-order valence-corrected chi connectivity index (χ2v) is 7.17. The molecule has 19 heavy (non-hydrogen) atoms.